The molecule has 4 rings (SSSR count). The maximum atomic E-state index is 13.6. The molecule has 0 fully saturated rings. The second-order valence-electron chi connectivity index (χ2n) is 7.50. The molecule has 0 radical (unpaired) electrons. The molecular formula is C22H22N4O6S. The van der Waals surface area contributed by atoms with E-state index in [1.54, 1.807) is 12.1 Å². The standard InChI is InChI=1S/C22H22N4O6S/c1-14-20(21(28)24-22(29)23-14)33(30,31)26(16-7-9-17(32-2)10-8-16)13-19(27)25-12-11-15-5-3-4-6-18(15)25/h3-10H,11-13H2,1-2H3,(H2,23,24,28,29). The number of hydrogen-bond donors (Lipinski definition) is 2. The van der Waals surface area contributed by atoms with Gasteiger partial charge in [0.2, 0.25) is 5.91 Å². The molecular weight excluding hydrogens is 448 g/mol. The van der Waals surface area contributed by atoms with Crippen LogP contribution in [0.4, 0.5) is 11.4 Å². The number of aromatic nitrogens is 2. The van der Waals surface area contributed by atoms with Crippen LogP contribution >= 0.6 is 0 Å². The molecule has 2 heterocycles. The third-order valence-corrected chi connectivity index (χ3v) is 7.38. The highest BCUT2D eigenvalue weighted by Crippen LogP contribution is 2.29. The third kappa shape index (κ3) is 4.14. The lowest BCUT2D eigenvalue weighted by molar-refractivity contribution is -0.117. The van der Waals surface area contributed by atoms with E-state index < -0.39 is 38.6 Å². The highest BCUT2D eigenvalue weighted by Gasteiger charge is 2.34. The second kappa shape index (κ2) is 8.58. The average Bonchev–Trinajstić information content (AvgIpc) is 3.21. The molecule has 11 heteroatoms. The molecule has 0 spiro atoms. The Bertz CT molecular complexity index is 1430. The monoisotopic (exact) mass is 470 g/mol. The quantitative estimate of drug-likeness (QED) is 0.556. The van der Waals surface area contributed by atoms with Gasteiger partial charge in [0.25, 0.3) is 15.6 Å². The Balaban J connectivity index is 1.78. The number of nitrogens with one attached hydrogen (secondary N) is 2. The number of para-hydroxylation sites is 1. The molecule has 0 bridgehead atoms. The van der Waals surface area contributed by atoms with Crippen LogP contribution in [0, 0.1) is 6.92 Å². The van der Waals surface area contributed by atoms with Gasteiger partial charge in [-0.2, -0.15) is 0 Å². The SMILES string of the molecule is COc1ccc(N(CC(=O)N2CCc3ccccc32)S(=O)(=O)c2c(C)[nH]c(=O)[nH]c2=O)cc1. The first kappa shape index (κ1) is 22.3. The first-order chi connectivity index (χ1) is 15.7. The van der Waals surface area contributed by atoms with Crippen LogP contribution in [0.15, 0.2) is 63.0 Å². The van der Waals surface area contributed by atoms with E-state index >= 15 is 0 Å². The number of anilines is 2. The molecule has 3 aromatic rings. The zero-order chi connectivity index (χ0) is 23.8. The maximum Gasteiger partial charge on any atom is 0.325 e. The van der Waals surface area contributed by atoms with Crippen LogP contribution in [-0.4, -0.2) is 44.5 Å². The minimum absolute atomic E-state index is 0.124. The fourth-order valence-electron chi connectivity index (χ4n) is 3.88. The van der Waals surface area contributed by atoms with E-state index in [4.69, 9.17) is 4.74 Å². The van der Waals surface area contributed by atoms with Crippen molar-refractivity contribution in [2.24, 2.45) is 0 Å². The minimum Gasteiger partial charge on any atom is -0.497 e. The van der Waals surface area contributed by atoms with Crippen molar-refractivity contribution in [3.8, 4) is 5.75 Å². The number of H-pyrrole nitrogens is 2. The summed E-state index contributed by atoms with van der Waals surface area (Å²) in [5.41, 5.74) is -0.112. The van der Waals surface area contributed by atoms with E-state index in [1.165, 1.54) is 31.1 Å². The van der Waals surface area contributed by atoms with Crippen molar-refractivity contribution in [3.63, 3.8) is 0 Å². The largest absolute Gasteiger partial charge is 0.497 e. The summed E-state index contributed by atoms with van der Waals surface area (Å²) < 4.78 is 33.2. The van der Waals surface area contributed by atoms with Gasteiger partial charge in [0.1, 0.15) is 12.3 Å². The molecule has 10 nitrogen and oxygen atoms in total. The molecule has 0 saturated carbocycles. The highest BCUT2D eigenvalue weighted by atomic mass is 32.2. The lowest BCUT2D eigenvalue weighted by atomic mass is 10.2. The Morgan fingerprint density at radius 3 is 2.45 bits per heavy atom. The van der Waals surface area contributed by atoms with E-state index in [1.807, 2.05) is 29.2 Å². The third-order valence-electron chi connectivity index (χ3n) is 5.45. The summed E-state index contributed by atoms with van der Waals surface area (Å²) in [5, 5.41) is 0. The number of carbonyl (C=O) groups is 1. The van der Waals surface area contributed by atoms with Gasteiger partial charge in [-0.1, -0.05) is 18.2 Å². The summed E-state index contributed by atoms with van der Waals surface area (Å²) in [6, 6.07) is 13.5. The summed E-state index contributed by atoms with van der Waals surface area (Å²) in [4.78, 5) is 42.4. The number of aryl methyl sites for hydroxylation is 1. The molecule has 1 amide bonds. The van der Waals surface area contributed by atoms with Crippen molar-refractivity contribution >= 4 is 27.3 Å². The molecule has 172 valence electrons. The van der Waals surface area contributed by atoms with E-state index in [9.17, 15) is 22.8 Å². The molecule has 1 aromatic heterocycles. The number of nitrogens with zero attached hydrogens (tertiary/aromatic N) is 2. The number of sulfonamides is 1. The Hall–Kier alpha value is -3.86. The van der Waals surface area contributed by atoms with Crippen LogP contribution in [-0.2, 0) is 21.2 Å². The molecule has 0 unspecified atom stereocenters. The van der Waals surface area contributed by atoms with E-state index in [0.717, 1.165) is 15.6 Å². The molecule has 1 aliphatic rings. The predicted octanol–water partition coefficient (Wildman–Crippen LogP) is 1.16. The number of rotatable bonds is 6. The number of hydrogen-bond acceptors (Lipinski definition) is 6. The second-order valence-corrected chi connectivity index (χ2v) is 9.30. The molecule has 1 aliphatic heterocycles. The number of fused-ring (bicyclic) bond motifs is 1. The summed E-state index contributed by atoms with van der Waals surface area (Å²) in [7, 11) is -3.05. The molecule has 0 saturated heterocycles. The topological polar surface area (TPSA) is 133 Å². The first-order valence-corrected chi connectivity index (χ1v) is 11.5. The van der Waals surface area contributed by atoms with Gasteiger partial charge in [0.15, 0.2) is 4.90 Å². The Morgan fingerprint density at radius 1 is 1.09 bits per heavy atom. The molecule has 0 aliphatic carbocycles. The summed E-state index contributed by atoms with van der Waals surface area (Å²) >= 11 is 0. The molecule has 33 heavy (non-hydrogen) atoms. The Morgan fingerprint density at radius 2 is 1.79 bits per heavy atom. The van der Waals surface area contributed by atoms with Gasteiger partial charge in [-0.05, 0) is 49.2 Å². The van der Waals surface area contributed by atoms with Gasteiger partial charge in [-0.25, -0.2) is 13.2 Å². The van der Waals surface area contributed by atoms with E-state index in [2.05, 4.69) is 4.98 Å². The van der Waals surface area contributed by atoms with Gasteiger partial charge >= 0.3 is 5.69 Å². The van der Waals surface area contributed by atoms with Crippen LogP contribution in [0.2, 0.25) is 0 Å². The van der Waals surface area contributed by atoms with Gasteiger partial charge < -0.3 is 14.6 Å². The Labute approximate surface area is 189 Å². The number of carbonyl (C=O) groups excluding carboxylic acids is 1. The number of amides is 1. The average molecular weight is 471 g/mol. The normalized spacial score (nSPS) is 13.0. The van der Waals surface area contributed by atoms with Crippen molar-refractivity contribution in [3.05, 3.63) is 80.6 Å². The van der Waals surface area contributed by atoms with E-state index in [-0.39, 0.29) is 11.4 Å². The molecule has 0 atom stereocenters. The summed E-state index contributed by atoms with van der Waals surface area (Å²) in [6.07, 6.45) is 0.663. The fraction of sp³-hybridized carbons (Fsp3) is 0.227. The number of aromatic amines is 2. The van der Waals surface area contributed by atoms with Crippen molar-refractivity contribution < 1.29 is 17.9 Å². The minimum atomic E-state index is -4.52. The van der Waals surface area contributed by atoms with Crippen molar-refractivity contribution in [2.75, 3.05) is 29.4 Å². The van der Waals surface area contributed by atoms with Crippen LogP contribution in [0.3, 0.4) is 0 Å². The van der Waals surface area contributed by atoms with Crippen molar-refractivity contribution in [1.82, 2.24) is 9.97 Å². The van der Waals surface area contributed by atoms with Crippen molar-refractivity contribution in [2.45, 2.75) is 18.2 Å². The first-order valence-electron chi connectivity index (χ1n) is 10.1. The van der Waals surface area contributed by atoms with Crippen molar-refractivity contribution in [1.29, 1.82) is 0 Å². The lowest BCUT2D eigenvalue weighted by Crippen LogP contribution is -2.44. The van der Waals surface area contributed by atoms with Gasteiger partial charge in [-0.3, -0.25) is 18.9 Å². The van der Waals surface area contributed by atoms with Crippen LogP contribution < -0.4 is 25.2 Å². The number of ether oxygens (including phenoxy) is 1. The van der Waals surface area contributed by atoms with Crippen LogP contribution in [0.5, 0.6) is 5.75 Å². The predicted molar refractivity (Wildman–Crippen MR) is 122 cm³/mol. The smallest absolute Gasteiger partial charge is 0.325 e. The highest BCUT2D eigenvalue weighted by molar-refractivity contribution is 7.92. The van der Waals surface area contributed by atoms with Gasteiger partial charge in [0.05, 0.1) is 12.8 Å². The van der Waals surface area contributed by atoms with Gasteiger partial charge in [0, 0.05) is 17.9 Å². The molecule has 2 aromatic carbocycles. The zero-order valence-electron chi connectivity index (χ0n) is 18.0. The fourth-order valence-corrected chi connectivity index (χ4v) is 5.50. The summed E-state index contributed by atoms with van der Waals surface area (Å²) in [5.74, 6) is 0.0480. The number of benzene rings is 2. The number of methoxy groups -OCH3 is 1. The Kier molecular flexibility index (Phi) is 5.81. The molecule has 2 N–H and O–H groups in total. The summed E-state index contributed by atoms with van der Waals surface area (Å²) in [6.45, 7) is 1.20. The van der Waals surface area contributed by atoms with E-state index in [0.29, 0.717) is 18.7 Å². The zero-order valence-corrected chi connectivity index (χ0v) is 18.8. The van der Waals surface area contributed by atoms with Crippen LogP contribution in [0.25, 0.3) is 0 Å². The maximum absolute atomic E-state index is 13.6. The van der Waals surface area contributed by atoms with Crippen LogP contribution in [0.1, 0.15) is 11.3 Å². The lowest BCUT2D eigenvalue weighted by Gasteiger charge is -2.27. The van der Waals surface area contributed by atoms with Gasteiger partial charge in [-0.15, -0.1) is 0 Å².